The van der Waals surface area contributed by atoms with Crippen LogP contribution in [0.25, 0.3) is 0 Å². The monoisotopic (exact) mass is 461 g/mol. The molecule has 0 radical (unpaired) electrons. The number of piperazine rings is 1. The quantitative estimate of drug-likeness (QED) is 0.685. The number of nitrogens with zero attached hydrogens (tertiary/aromatic N) is 3. The van der Waals surface area contributed by atoms with Crippen LogP contribution in [0.1, 0.15) is 18.4 Å². The summed E-state index contributed by atoms with van der Waals surface area (Å²) in [5.41, 5.74) is 1.14. The summed E-state index contributed by atoms with van der Waals surface area (Å²) in [6.07, 6.45) is 1.13. The number of carbonyl (C=O) groups excluding carboxylic acids is 1. The lowest BCUT2D eigenvalue weighted by atomic mass is 10.1. The number of rotatable bonds is 5. The van der Waals surface area contributed by atoms with Crippen LogP contribution in [0, 0.1) is 12.7 Å². The lowest BCUT2D eigenvalue weighted by Crippen LogP contribution is -2.54. The van der Waals surface area contributed by atoms with E-state index in [1.54, 1.807) is 42.2 Å². The van der Waals surface area contributed by atoms with Gasteiger partial charge in [0.25, 0.3) is 0 Å². The zero-order valence-electron chi connectivity index (χ0n) is 18.3. The zero-order valence-corrected chi connectivity index (χ0v) is 19.1. The van der Waals surface area contributed by atoms with Crippen molar-refractivity contribution in [2.75, 3.05) is 44.7 Å². The Labute approximate surface area is 188 Å². The number of carbonyl (C=O) groups is 1. The Morgan fingerprint density at radius 2 is 1.78 bits per heavy atom. The Kier molecular flexibility index (Phi) is 6.39. The first-order valence-corrected chi connectivity index (χ1v) is 12.2. The van der Waals surface area contributed by atoms with Crippen LogP contribution in [-0.4, -0.2) is 69.4 Å². The van der Waals surface area contributed by atoms with Crippen LogP contribution in [0.15, 0.2) is 47.4 Å². The number of hydrogen-bond donors (Lipinski definition) is 0. The summed E-state index contributed by atoms with van der Waals surface area (Å²) in [4.78, 5) is 17.1. The van der Waals surface area contributed by atoms with Crippen LogP contribution in [-0.2, 0) is 14.8 Å². The molecule has 0 spiro atoms. The van der Waals surface area contributed by atoms with Crippen LogP contribution >= 0.6 is 0 Å². The predicted molar refractivity (Wildman–Crippen MR) is 120 cm³/mol. The maximum Gasteiger partial charge on any atom is 0.244 e. The molecule has 0 aromatic heterocycles. The Balaban J connectivity index is 1.49. The molecule has 172 valence electrons. The summed E-state index contributed by atoms with van der Waals surface area (Å²) >= 11 is 0. The van der Waals surface area contributed by atoms with Gasteiger partial charge in [-0.2, -0.15) is 4.31 Å². The predicted octanol–water partition coefficient (Wildman–Crippen LogP) is 2.64. The van der Waals surface area contributed by atoms with E-state index in [0.29, 0.717) is 62.6 Å². The van der Waals surface area contributed by atoms with Gasteiger partial charge in [-0.05, 0) is 43.5 Å². The van der Waals surface area contributed by atoms with E-state index < -0.39 is 16.1 Å². The van der Waals surface area contributed by atoms with E-state index >= 15 is 0 Å². The van der Waals surface area contributed by atoms with Crippen molar-refractivity contribution in [1.82, 2.24) is 9.21 Å². The number of ether oxygens (including phenoxy) is 1. The third kappa shape index (κ3) is 4.19. The summed E-state index contributed by atoms with van der Waals surface area (Å²) in [5, 5.41) is 0. The molecule has 0 bridgehead atoms. The summed E-state index contributed by atoms with van der Waals surface area (Å²) < 4.78 is 47.5. The van der Waals surface area contributed by atoms with Gasteiger partial charge in [0, 0.05) is 38.8 Å². The average molecular weight is 462 g/mol. The highest BCUT2D eigenvalue weighted by Crippen LogP contribution is 2.31. The molecule has 2 aromatic carbocycles. The molecular weight excluding hydrogens is 433 g/mol. The van der Waals surface area contributed by atoms with Gasteiger partial charge in [0.2, 0.25) is 15.9 Å². The molecule has 2 heterocycles. The number of aryl methyl sites for hydroxylation is 1. The van der Waals surface area contributed by atoms with E-state index in [4.69, 9.17) is 4.74 Å². The van der Waals surface area contributed by atoms with E-state index in [9.17, 15) is 17.6 Å². The molecule has 0 unspecified atom stereocenters. The SMILES string of the molecule is COc1ccc(C)c(S(=O)(=O)N2CCC[C@@H]2C(=O)N2CCN(c3ccccc3F)CC2)c1. The second-order valence-corrected chi connectivity index (χ2v) is 10.0. The first-order valence-electron chi connectivity index (χ1n) is 10.8. The number of methoxy groups -OCH3 is 1. The molecule has 2 aromatic rings. The lowest BCUT2D eigenvalue weighted by Gasteiger charge is -2.38. The van der Waals surface area contributed by atoms with Gasteiger partial charge in [0.1, 0.15) is 17.6 Å². The minimum atomic E-state index is -3.85. The van der Waals surface area contributed by atoms with Crippen molar-refractivity contribution >= 4 is 21.6 Å². The smallest absolute Gasteiger partial charge is 0.244 e. The van der Waals surface area contributed by atoms with Gasteiger partial charge >= 0.3 is 0 Å². The molecule has 2 aliphatic rings. The van der Waals surface area contributed by atoms with Gasteiger partial charge in [-0.1, -0.05) is 18.2 Å². The fourth-order valence-corrected chi connectivity index (χ4v) is 6.37. The van der Waals surface area contributed by atoms with Crippen molar-refractivity contribution in [3.8, 4) is 5.75 Å². The number of benzene rings is 2. The maximum absolute atomic E-state index is 14.1. The van der Waals surface area contributed by atoms with Crippen LogP contribution < -0.4 is 9.64 Å². The molecule has 2 fully saturated rings. The van der Waals surface area contributed by atoms with E-state index in [2.05, 4.69) is 0 Å². The topological polar surface area (TPSA) is 70.2 Å². The fourth-order valence-electron chi connectivity index (χ4n) is 4.47. The Morgan fingerprint density at radius 3 is 2.47 bits per heavy atom. The minimum absolute atomic E-state index is 0.168. The van der Waals surface area contributed by atoms with Crippen molar-refractivity contribution in [1.29, 1.82) is 0 Å². The minimum Gasteiger partial charge on any atom is -0.497 e. The third-order valence-corrected chi connectivity index (χ3v) is 8.31. The molecule has 4 rings (SSSR count). The summed E-state index contributed by atoms with van der Waals surface area (Å²) in [6, 6.07) is 10.8. The van der Waals surface area contributed by atoms with Crippen molar-refractivity contribution in [2.24, 2.45) is 0 Å². The van der Waals surface area contributed by atoms with Gasteiger partial charge in [0.05, 0.1) is 17.7 Å². The van der Waals surface area contributed by atoms with Crippen LogP contribution in [0.4, 0.5) is 10.1 Å². The summed E-state index contributed by atoms with van der Waals surface area (Å²) in [6.45, 7) is 3.90. The summed E-state index contributed by atoms with van der Waals surface area (Å²) in [5.74, 6) is -0.00526. The van der Waals surface area contributed by atoms with E-state index in [1.165, 1.54) is 23.5 Å². The van der Waals surface area contributed by atoms with Crippen LogP contribution in [0.5, 0.6) is 5.75 Å². The van der Waals surface area contributed by atoms with Crippen molar-refractivity contribution in [2.45, 2.75) is 30.7 Å². The Hall–Kier alpha value is -2.65. The van der Waals surface area contributed by atoms with Crippen LogP contribution in [0.3, 0.4) is 0 Å². The van der Waals surface area contributed by atoms with Gasteiger partial charge in [-0.25, -0.2) is 12.8 Å². The Bertz CT molecular complexity index is 1100. The number of sulfonamides is 1. The second-order valence-electron chi connectivity index (χ2n) is 8.17. The van der Waals surface area contributed by atoms with E-state index in [1.807, 2.05) is 4.90 Å². The molecule has 1 amide bonds. The van der Waals surface area contributed by atoms with Gasteiger partial charge < -0.3 is 14.5 Å². The first-order chi connectivity index (χ1) is 15.3. The van der Waals surface area contributed by atoms with Gasteiger partial charge in [-0.3, -0.25) is 4.79 Å². The number of para-hydroxylation sites is 1. The molecule has 1 atom stereocenters. The highest BCUT2D eigenvalue weighted by molar-refractivity contribution is 7.89. The van der Waals surface area contributed by atoms with E-state index in [-0.39, 0.29) is 16.6 Å². The molecule has 2 saturated heterocycles. The normalized spacial score (nSPS) is 19.9. The fraction of sp³-hybridized carbons (Fsp3) is 0.435. The van der Waals surface area contributed by atoms with Crippen molar-refractivity contribution < 1.29 is 22.3 Å². The van der Waals surface area contributed by atoms with Gasteiger partial charge in [0.15, 0.2) is 0 Å². The van der Waals surface area contributed by atoms with E-state index in [0.717, 1.165) is 0 Å². The van der Waals surface area contributed by atoms with Crippen molar-refractivity contribution in [3.05, 3.63) is 53.8 Å². The molecule has 7 nitrogen and oxygen atoms in total. The largest absolute Gasteiger partial charge is 0.497 e. The average Bonchev–Trinajstić information content (AvgIpc) is 3.30. The summed E-state index contributed by atoms with van der Waals surface area (Å²) in [7, 11) is -2.36. The van der Waals surface area contributed by atoms with Crippen molar-refractivity contribution in [3.63, 3.8) is 0 Å². The molecule has 0 saturated carbocycles. The first kappa shape index (κ1) is 22.5. The maximum atomic E-state index is 14.1. The number of hydrogen-bond acceptors (Lipinski definition) is 5. The molecule has 9 heteroatoms. The molecule has 0 N–H and O–H groups in total. The molecule has 32 heavy (non-hydrogen) atoms. The number of halogens is 1. The van der Waals surface area contributed by atoms with Crippen LogP contribution in [0.2, 0.25) is 0 Å². The molecule has 0 aliphatic carbocycles. The Morgan fingerprint density at radius 1 is 1.06 bits per heavy atom. The number of anilines is 1. The highest BCUT2D eigenvalue weighted by Gasteiger charge is 2.42. The second kappa shape index (κ2) is 9.07. The lowest BCUT2D eigenvalue weighted by molar-refractivity contribution is -0.134. The van der Waals surface area contributed by atoms with Gasteiger partial charge in [-0.15, -0.1) is 0 Å². The standard InChI is InChI=1S/C23H28FN3O4S/c1-17-9-10-18(31-2)16-22(17)32(29,30)27-11-5-8-21(27)23(28)26-14-12-25(13-15-26)20-7-4-3-6-19(20)24/h3-4,6-7,9-10,16,21H,5,8,11-15H2,1-2H3/t21-/m1/s1. The third-order valence-electron chi connectivity index (χ3n) is 6.26. The molecule has 2 aliphatic heterocycles. The zero-order chi connectivity index (χ0) is 22.9. The highest BCUT2D eigenvalue weighted by atomic mass is 32.2. The molecular formula is C23H28FN3O4S. The number of amides is 1.